The highest BCUT2D eigenvalue weighted by Gasteiger charge is 2.15. The third kappa shape index (κ3) is 4.54. The fourth-order valence-electron chi connectivity index (χ4n) is 1.77. The molecule has 1 aromatic heterocycles. The molecule has 2 aromatic rings. The zero-order valence-electron chi connectivity index (χ0n) is 11.7. The number of hydrogen-bond acceptors (Lipinski definition) is 6. The van der Waals surface area contributed by atoms with Crippen molar-refractivity contribution in [3.05, 3.63) is 48.3 Å². The van der Waals surface area contributed by atoms with Crippen molar-refractivity contribution in [3.63, 3.8) is 0 Å². The SMILES string of the molecule is CCOC(=O)C(N)Cc1cccc(Oc2ncccn2)c1. The molecule has 0 saturated heterocycles. The normalized spacial score (nSPS) is 11.7. The van der Waals surface area contributed by atoms with Crippen molar-refractivity contribution in [2.45, 2.75) is 19.4 Å². The van der Waals surface area contributed by atoms with E-state index in [1.165, 1.54) is 0 Å². The van der Waals surface area contributed by atoms with Crippen molar-refractivity contribution in [1.82, 2.24) is 9.97 Å². The number of hydrogen-bond donors (Lipinski definition) is 1. The molecule has 110 valence electrons. The van der Waals surface area contributed by atoms with Gasteiger partial charge in [-0.1, -0.05) is 12.1 Å². The molecular weight excluding hydrogens is 270 g/mol. The minimum atomic E-state index is -0.687. The quantitative estimate of drug-likeness (QED) is 0.814. The molecule has 6 heteroatoms. The highest BCUT2D eigenvalue weighted by Crippen LogP contribution is 2.19. The van der Waals surface area contributed by atoms with E-state index in [2.05, 4.69) is 9.97 Å². The molecule has 1 heterocycles. The lowest BCUT2D eigenvalue weighted by Crippen LogP contribution is -2.34. The Balaban J connectivity index is 2.02. The lowest BCUT2D eigenvalue weighted by Gasteiger charge is -2.11. The first-order valence-corrected chi connectivity index (χ1v) is 6.65. The largest absolute Gasteiger partial charge is 0.465 e. The number of esters is 1. The fourth-order valence-corrected chi connectivity index (χ4v) is 1.77. The minimum absolute atomic E-state index is 0.268. The van der Waals surface area contributed by atoms with Crippen molar-refractivity contribution < 1.29 is 14.3 Å². The molecule has 21 heavy (non-hydrogen) atoms. The smallest absolute Gasteiger partial charge is 0.323 e. The summed E-state index contributed by atoms with van der Waals surface area (Å²) in [5.41, 5.74) is 6.68. The van der Waals surface area contributed by atoms with Gasteiger partial charge in [0.1, 0.15) is 11.8 Å². The zero-order chi connectivity index (χ0) is 15.1. The zero-order valence-corrected chi connectivity index (χ0v) is 11.7. The molecule has 2 N–H and O–H groups in total. The van der Waals surface area contributed by atoms with Gasteiger partial charge in [0.15, 0.2) is 0 Å². The van der Waals surface area contributed by atoms with Crippen LogP contribution in [0.1, 0.15) is 12.5 Å². The highest BCUT2D eigenvalue weighted by molar-refractivity contribution is 5.75. The van der Waals surface area contributed by atoms with Gasteiger partial charge in [-0.15, -0.1) is 0 Å². The molecule has 0 radical (unpaired) electrons. The Hall–Kier alpha value is -2.47. The summed E-state index contributed by atoms with van der Waals surface area (Å²) in [6, 6.07) is 8.58. The highest BCUT2D eigenvalue weighted by atomic mass is 16.5. The summed E-state index contributed by atoms with van der Waals surface area (Å²) in [6.07, 6.45) is 3.58. The summed E-state index contributed by atoms with van der Waals surface area (Å²) in [5.74, 6) is 0.185. The topological polar surface area (TPSA) is 87.3 Å². The lowest BCUT2D eigenvalue weighted by atomic mass is 10.1. The van der Waals surface area contributed by atoms with Crippen LogP contribution in [0, 0.1) is 0 Å². The van der Waals surface area contributed by atoms with E-state index in [1.807, 2.05) is 12.1 Å². The van der Waals surface area contributed by atoms with Crippen LogP contribution in [-0.2, 0) is 16.0 Å². The van der Waals surface area contributed by atoms with E-state index in [9.17, 15) is 4.79 Å². The second kappa shape index (κ2) is 7.35. The number of nitrogens with zero attached hydrogens (tertiary/aromatic N) is 2. The number of carbonyl (C=O) groups excluding carboxylic acids is 1. The molecule has 1 atom stereocenters. The average Bonchev–Trinajstić information content (AvgIpc) is 2.49. The maximum absolute atomic E-state index is 11.5. The van der Waals surface area contributed by atoms with Crippen molar-refractivity contribution in [3.8, 4) is 11.8 Å². The van der Waals surface area contributed by atoms with E-state index in [1.54, 1.807) is 37.5 Å². The Morgan fingerprint density at radius 2 is 2.05 bits per heavy atom. The molecule has 0 saturated carbocycles. The first kappa shape index (κ1) is 14.9. The minimum Gasteiger partial charge on any atom is -0.465 e. The molecule has 0 amide bonds. The molecule has 6 nitrogen and oxygen atoms in total. The van der Waals surface area contributed by atoms with E-state index in [-0.39, 0.29) is 6.01 Å². The van der Waals surface area contributed by atoms with Crippen LogP contribution in [0.5, 0.6) is 11.8 Å². The molecule has 0 bridgehead atoms. The van der Waals surface area contributed by atoms with Crippen LogP contribution in [0.15, 0.2) is 42.7 Å². The molecule has 2 rings (SSSR count). The number of nitrogens with two attached hydrogens (primary N) is 1. The molecular formula is C15H17N3O3. The summed E-state index contributed by atoms with van der Waals surface area (Å²) in [6.45, 7) is 2.07. The number of aromatic nitrogens is 2. The molecule has 1 unspecified atom stereocenters. The molecule has 0 aliphatic carbocycles. The van der Waals surface area contributed by atoms with Crippen molar-refractivity contribution in [2.75, 3.05) is 6.61 Å². The van der Waals surface area contributed by atoms with E-state index < -0.39 is 12.0 Å². The molecule has 0 aliphatic heterocycles. The molecule has 0 spiro atoms. The molecule has 0 aliphatic rings. The van der Waals surface area contributed by atoms with Crippen LogP contribution in [0.2, 0.25) is 0 Å². The Labute approximate surface area is 122 Å². The van der Waals surface area contributed by atoms with Gasteiger partial charge in [0.25, 0.3) is 0 Å². The van der Waals surface area contributed by atoms with E-state index >= 15 is 0 Å². The number of rotatable bonds is 6. The Bertz CT molecular complexity index is 590. The van der Waals surface area contributed by atoms with Crippen LogP contribution >= 0.6 is 0 Å². The van der Waals surface area contributed by atoms with Gasteiger partial charge in [-0.3, -0.25) is 4.79 Å². The van der Waals surface area contributed by atoms with Crippen LogP contribution in [-0.4, -0.2) is 28.6 Å². The standard InChI is InChI=1S/C15H17N3O3/c1-2-20-14(19)13(16)10-11-5-3-6-12(9-11)21-15-17-7-4-8-18-15/h3-9,13H,2,10,16H2,1H3. The van der Waals surface area contributed by atoms with Crippen molar-refractivity contribution in [1.29, 1.82) is 0 Å². The molecule has 1 aromatic carbocycles. The monoisotopic (exact) mass is 287 g/mol. The number of ether oxygens (including phenoxy) is 2. The second-order valence-electron chi connectivity index (χ2n) is 4.34. The summed E-state index contributed by atoms with van der Waals surface area (Å²) in [5, 5.41) is 0. The first-order valence-electron chi connectivity index (χ1n) is 6.65. The van der Waals surface area contributed by atoms with E-state index in [0.717, 1.165) is 5.56 Å². The first-order chi connectivity index (χ1) is 10.2. The summed E-state index contributed by atoms with van der Waals surface area (Å²) < 4.78 is 10.4. The average molecular weight is 287 g/mol. The van der Waals surface area contributed by atoms with Crippen LogP contribution in [0.25, 0.3) is 0 Å². The van der Waals surface area contributed by atoms with Crippen LogP contribution in [0.4, 0.5) is 0 Å². The summed E-state index contributed by atoms with van der Waals surface area (Å²) in [4.78, 5) is 19.5. The third-order valence-electron chi connectivity index (χ3n) is 2.69. The summed E-state index contributed by atoms with van der Waals surface area (Å²) >= 11 is 0. The van der Waals surface area contributed by atoms with Gasteiger partial charge in [0.2, 0.25) is 0 Å². The number of carbonyl (C=O) groups is 1. The van der Waals surface area contributed by atoms with E-state index in [4.69, 9.17) is 15.2 Å². The van der Waals surface area contributed by atoms with E-state index in [0.29, 0.717) is 18.8 Å². The van der Waals surface area contributed by atoms with Gasteiger partial charge in [-0.2, -0.15) is 0 Å². The maximum atomic E-state index is 11.5. The van der Waals surface area contributed by atoms with Gasteiger partial charge >= 0.3 is 12.0 Å². The molecule has 0 fully saturated rings. The number of benzene rings is 1. The second-order valence-corrected chi connectivity index (χ2v) is 4.34. The van der Waals surface area contributed by atoms with Crippen molar-refractivity contribution >= 4 is 5.97 Å². The fraction of sp³-hybridized carbons (Fsp3) is 0.267. The summed E-state index contributed by atoms with van der Waals surface area (Å²) in [7, 11) is 0. The Kier molecular flexibility index (Phi) is 5.22. The predicted molar refractivity (Wildman–Crippen MR) is 76.9 cm³/mol. The lowest BCUT2D eigenvalue weighted by molar-refractivity contribution is -0.144. The third-order valence-corrected chi connectivity index (χ3v) is 2.69. The van der Waals surface area contributed by atoms with Gasteiger partial charge in [-0.25, -0.2) is 9.97 Å². The Morgan fingerprint density at radius 1 is 1.29 bits per heavy atom. The van der Waals surface area contributed by atoms with Crippen LogP contribution in [0.3, 0.4) is 0 Å². The van der Waals surface area contributed by atoms with Gasteiger partial charge in [0, 0.05) is 12.4 Å². The van der Waals surface area contributed by atoms with Crippen molar-refractivity contribution in [2.24, 2.45) is 5.73 Å². The van der Waals surface area contributed by atoms with Gasteiger partial charge in [-0.05, 0) is 37.1 Å². The predicted octanol–water partition coefficient (Wildman–Crippen LogP) is 1.70. The van der Waals surface area contributed by atoms with Gasteiger partial charge < -0.3 is 15.2 Å². The maximum Gasteiger partial charge on any atom is 0.323 e. The Morgan fingerprint density at radius 3 is 2.76 bits per heavy atom. The van der Waals surface area contributed by atoms with Gasteiger partial charge in [0.05, 0.1) is 6.61 Å². The van der Waals surface area contributed by atoms with Crippen LogP contribution < -0.4 is 10.5 Å².